The summed E-state index contributed by atoms with van der Waals surface area (Å²) in [5, 5.41) is 0. The Morgan fingerprint density at radius 3 is 2.59 bits per heavy atom. The zero-order chi connectivity index (χ0) is 19.4. The molecular formula is C18H14F2N3O3S-. The van der Waals surface area contributed by atoms with Crippen molar-refractivity contribution >= 4 is 28.1 Å². The van der Waals surface area contributed by atoms with Crippen LogP contribution in [0.4, 0.5) is 8.78 Å². The van der Waals surface area contributed by atoms with Gasteiger partial charge in [-0.05, 0) is 48.7 Å². The second-order valence-electron chi connectivity index (χ2n) is 5.76. The van der Waals surface area contributed by atoms with E-state index < -0.39 is 28.7 Å². The van der Waals surface area contributed by atoms with E-state index in [-0.39, 0.29) is 24.1 Å². The third-order valence-electron chi connectivity index (χ3n) is 3.93. The molecule has 3 rings (SSSR count). The van der Waals surface area contributed by atoms with Crippen LogP contribution in [0.5, 0.6) is 0 Å². The Morgan fingerprint density at radius 2 is 1.85 bits per heavy atom. The molecule has 2 aromatic carbocycles. The normalized spacial score (nSPS) is 12.3. The average molecular weight is 390 g/mol. The van der Waals surface area contributed by atoms with E-state index in [4.69, 9.17) is 0 Å². The van der Waals surface area contributed by atoms with E-state index in [2.05, 4.69) is 14.7 Å². The predicted molar refractivity (Wildman–Crippen MR) is 94.6 cm³/mol. The molecule has 1 heterocycles. The van der Waals surface area contributed by atoms with Crippen molar-refractivity contribution in [3.63, 3.8) is 0 Å². The molecule has 1 unspecified atom stereocenters. The van der Waals surface area contributed by atoms with E-state index in [9.17, 15) is 22.3 Å². The lowest BCUT2D eigenvalue weighted by molar-refractivity contribution is 0.103. The molecule has 27 heavy (non-hydrogen) atoms. The molecule has 0 fully saturated rings. The van der Waals surface area contributed by atoms with E-state index in [0.29, 0.717) is 23.0 Å². The number of hydrogen-bond donors (Lipinski definition) is 1. The highest BCUT2D eigenvalue weighted by Crippen LogP contribution is 2.21. The van der Waals surface area contributed by atoms with Gasteiger partial charge < -0.3 is 4.55 Å². The summed E-state index contributed by atoms with van der Waals surface area (Å²) in [4.78, 5) is 20.9. The van der Waals surface area contributed by atoms with Crippen LogP contribution in [0.3, 0.4) is 0 Å². The summed E-state index contributed by atoms with van der Waals surface area (Å²) in [6.07, 6.45) is 3.64. The number of hydrogen-bond acceptors (Lipinski definition) is 5. The molecule has 1 N–H and O–H groups in total. The largest absolute Gasteiger partial charge is 0.760 e. The summed E-state index contributed by atoms with van der Waals surface area (Å²) in [5.41, 5.74) is 1.24. The van der Waals surface area contributed by atoms with E-state index in [0.717, 1.165) is 6.07 Å². The highest BCUT2D eigenvalue weighted by molar-refractivity contribution is 7.77. The molecule has 0 saturated heterocycles. The van der Waals surface area contributed by atoms with Crippen molar-refractivity contribution < 1.29 is 22.3 Å². The van der Waals surface area contributed by atoms with Gasteiger partial charge in [0.1, 0.15) is 0 Å². The smallest absolute Gasteiger partial charge is 0.196 e. The first-order chi connectivity index (χ1) is 13.0. The number of carbonyl (C=O) groups excluding carboxylic acids is 1. The predicted octanol–water partition coefficient (Wildman–Crippen LogP) is 2.46. The zero-order valence-corrected chi connectivity index (χ0v) is 14.8. The highest BCUT2D eigenvalue weighted by atomic mass is 32.2. The van der Waals surface area contributed by atoms with Crippen LogP contribution in [-0.2, 0) is 17.7 Å². The third-order valence-corrected chi connectivity index (χ3v) is 4.37. The Balaban J connectivity index is 1.87. The Kier molecular flexibility index (Phi) is 5.94. The van der Waals surface area contributed by atoms with E-state index in [1.54, 1.807) is 6.07 Å². The van der Waals surface area contributed by atoms with Crippen LogP contribution in [0, 0.1) is 11.6 Å². The SMILES string of the molecule is O=C(c1ccc2nccnc2c1)c1cc(CCCNS(=O)[O-])cc(F)c1F. The first kappa shape index (κ1) is 19.2. The maximum Gasteiger partial charge on any atom is 0.196 e. The van der Waals surface area contributed by atoms with Crippen LogP contribution >= 0.6 is 0 Å². The minimum absolute atomic E-state index is 0.154. The maximum atomic E-state index is 14.2. The van der Waals surface area contributed by atoms with E-state index in [1.807, 2.05) is 0 Å². The van der Waals surface area contributed by atoms with Gasteiger partial charge in [0.05, 0.1) is 16.6 Å². The maximum absolute atomic E-state index is 14.2. The molecule has 0 radical (unpaired) electrons. The molecular weight excluding hydrogens is 376 g/mol. The van der Waals surface area contributed by atoms with Crippen LogP contribution in [0.25, 0.3) is 11.0 Å². The molecule has 1 atom stereocenters. The molecule has 0 aliphatic rings. The fourth-order valence-corrected chi connectivity index (χ4v) is 2.97. The van der Waals surface area contributed by atoms with Gasteiger partial charge in [-0.15, -0.1) is 0 Å². The number of nitrogens with zero attached hydrogens (tertiary/aromatic N) is 2. The number of aromatic nitrogens is 2. The molecule has 0 aliphatic heterocycles. The van der Waals surface area contributed by atoms with Gasteiger partial charge in [-0.25, -0.2) is 13.5 Å². The van der Waals surface area contributed by atoms with Crippen LogP contribution in [0.2, 0.25) is 0 Å². The van der Waals surface area contributed by atoms with Crippen LogP contribution in [0.1, 0.15) is 27.9 Å². The molecule has 0 bridgehead atoms. The molecule has 1 aromatic heterocycles. The number of nitrogens with one attached hydrogen (secondary N) is 1. The fraction of sp³-hybridized carbons (Fsp3) is 0.167. The number of benzene rings is 2. The van der Waals surface area contributed by atoms with Crippen LogP contribution < -0.4 is 4.72 Å². The molecule has 0 saturated carbocycles. The minimum atomic E-state index is -2.38. The van der Waals surface area contributed by atoms with Gasteiger partial charge in [0.15, 0.2) is 17.4 Å². The van der Waals surface area contributed by atoms with Crippen molar-refractivity contribution in [2.75, 3.05) is 6.54 Å². The van der Waals surface area contributed by atoms with Gasteiger partial charge >= 0.3 is 0 Å². The molecule has 3 aromatic rings. The van der Waals surface area contributed by atoms with Crippen molar-refractivity contribution in [1.29, 1.82) is 0 Å². The number of rotatable bonds is 7. The first-order valence-electron chi connectivity index (χ1n) is 8.02. The van der Waals surface area contributed by atoms with Crippen molar-refractivity contribution in [3.8, 4) is 0 Å². The van der Waals surface area contributed by atoms with Gasteiger partial charge in [-0.2, -0.15) is 0 Å². The number of fused-ring (bicyclic) bond motifs is 1. The quantitative estimate of drug-likeness (QED) is 0.380. The highest BCUT2D eigenvalue weighted by Gasteiger charge is 2.19. The molecule has 140 valence electrons. The lowest BCUT2D eigenvalue weighted by Gasteiger charge is -2.09. The van der Waals surface area contributed by atoms with Gasteiger partial charge in [0.2, 0.25) is 0 Å². The molecule has 9 heteroatoms. The van der Waals surface area contributed by atoms with Crippen LogP contribution in [-0.4, -0.2) is 31.1 Å². The Labute approximate surface area is 156 Å². The minimum Gasteiger partial charge on any atom is -0.760 e. The number of ketones is 1. The second-order valence-corrected chi connectivity index (χ2v) is 6.52. The molecule has 0 aliphatic carbocycles. The second kappa shape index (κ2) is 8.38. The molecule has 0 spiro atoms. The van der Waals surface area contributed by atoms with Gasteiger partial charge in [-0.1, -0.05) is 0 Å². The summed E-state index contributed by atoms with van der Waals surface area (Å²) < 4.78 is 51.2. The number of halogens is 2. The lowest BCUT2D eigenvalue weighted by Crippen LogP contribution is -2.18. The van der Waals surface area contributed by atoms with Gasteiger partial charge in [0, 0.05) is 35.8 Å². The first-order valence-corrected chi connectivity index (χ1v) is 9.09. The number of carbonyl (C=O) groups is 1. The van der Waals surface area contributed by atoms with Crippen molar-refractivity contribution in [2.24, 2.45) is 0 Å². The van der Waals surface area contributed by atoms with Crippen molar-refractivity contribution in [1.82, 2.24) is 14.7 Å². The third kappa shape index (κ3) is 4.57. The van der Waals surface area contributed by atoms with Crippen molar-refractivity contribution in [3.05, 3.63) is 71.1 Å². The monoisotopic (exact) mass is 390 g/mol. The topological polar surface area (TPSA) is 95.0 Å². The van der Waals surface area contributed by atoms with Gasteiger partial charge in [0.25, 0.3) is 0 Å². The lowest BCUT2D eigenvalue weighted by atomic mass is 9.98. The molecule has 6 nitrogen and oxygen atoms in total. The van der Waals surface area contributed by atoms with Crippen LogP contribution in [0.15, 0.2) is 42.7 Å². The average Bonchev–Trinajstić information content (AvgIpc) is 2.66. The Morgan fingerprint density at radius 1 is 1.11 bits per heavy atom. The Hall–Kier alpha value is -2.62. The Bertz CT molecular complexity index is 1030. The summed E-state index contributed by atoms with van der Waals surface area (Å²) in [7, 11) is 0. The summed E-state index contributed by atoms with van der Waals surface area (Å²) in [6, 6.07) is 6.84. The summed E-state index contributed by atoms with van der Waals surface area (Å²) >= 11 is -2.38. The summed E-state index contributed by atoms with van der Waals surface area (Å²) in [5.74, 6) is -3.02. The fourth-order valence-electron chi connectivity index (χ4n) is 2.66. The van der Waals surface area contributed by atoms with Crippen molar-refractivity contribution in [2.45, 2.75) is 12.8 Å². The van der Waals surface area contributed by atoms with Gasteiger partial charge in [-0.3, -0.25) is 19.0 Å². The standard InChI is InChI=1S/C18H15F2N3O3S/c19-14-9-11(2-1-5-23-27(25)26)8-13(17(14)20)18(24)12-3-4-15-16(10-12)22-7-6-21-15/h3-4,6-10,23H,1-2,5H2,(H,25,26)/p-1. The molecule has 0 amide bonds. The van der Waals surface area contributed by atoms with E-state index in [1.165, 1.54) is 30.6 Å². The van der Waals surface area contributed by atoms with E-state index >= 15 is 0 Å². The summed E-state index contributed by atoms with van der Waals surface area (Å²) in [6.45, 7) is 0.154. The zero-order valence-electron chi connectivity index (χ0n) is 13.9. The number of aryl methyl sites for hydroxylation is 1.